The molecule has 0 spiro atoms. The van der Waals surface area contributed by atoms with Crippen LogP contribution in [0.15, 0.2) is 41.2 Å². The monoisotopic (exact) mass is 526 g/mol. The molecule has 6 rings (SSSR count). The Hall–Kier alpha value is -3.60. The first-order chi connectivity index (χ1) is 18.5. The van der Waals surface area contributed by atoms with E-state index in [9.17, 15) is 13.6 Å². The molecule has 11 heteroatoms. The van der Waals surface area contributed by atoms with Crippen molar-refractivity contribution in [3.05, 3.63) is 53.7 Å². The average Bonchev–Trinajstić information content (AvgIpc) is 3.63. The molecule has 0 amide bonds. The van der Waals surface area contributed by atoms with Gasteiger partial charge in [-0.25, -0.2) is 14.8 Å². The third-order valence-electron chi connectivity index (χ3n) is 7.58. The number of fused-ring (bicyclic) bond motifs is 2. The Labute approximate surface area is 218 Å². The maximum Gasteiger partial charge on any atom is 0.387 e. The topological polar surface area (TPSA) is 99.8 Å². The van der Waals surface area contributed by atoms with Crippen molar-refractivity contribution in [2.24, 2.45) is 0 Å². The van der Waals surface area contributed by atoms with Crippen LogP contribution in [0, 0.1) is 0 Å². The molecular formula is C27H28F2N4O5. The highest BCUT2D eigenvalue weighted by Gasteiger charge is 2.42. The minimum atomic E-state index is -2.94. The first-order valence-electron chi connectivity index (χ1n) is 12.8. The Morgan fingerprint density at radius 2 is 1.87 bits per heavy atom. The van der Waals surface area contributed by atoms with E-state index >= 15 is 0 Å². The van der Waals surface area contributed by atoms with Gasteiger partial charge in [-0.1, -0.05) is 17.3 Å². The molecule has 1 saturated carbocycles. The molecule has 1 aromatic carbocycles. The third-order valence-corrected chi connectivity index (χ3v) is 7.58. The fourth-order valence-corrected chi connectivity index (χ4v) is 5.70. The van der Waals surface area contributed by atoms with E-state index in [0.717, 1.165) is 55.7 Å². The summed E-state index contributed by atoms with van der Waals surface area (Å²) in [7, 11) is 1.31. The van der Waals surface area contributed by atoms with Crippen molar-refractivity contribution in [2.45, 2.75) is 75.8 Å². The maximum absolute atomic E-state index is 13.0. The quantitative estimate of drug-likeness (QED) is 0.352. The van der Waals surface area contributed by atoms with Gasteiger partial charge < -0.3 is 23.6 Å². The summed E-state index contributed by atoms with van der Waals surface area (Å²) in [5.74, 6) is 1.35. The number of alkyl halides is 2. The van der Waals surface area contributed by atoms with Crippen molar-refractivity contribution >= 4 is 11.8 Å². The van der Waals surface area contributed by atoms with Crippen LogP contribution in [0.25, 0.3) is 11.3 Å². The number of carbonyl (C=O) groups excluding carboxylic acids is 1. The van der Waals surface area contributed by atoms with Gasteiger partial charge in [0.1, 0.15) is 23.0 Å². The standard InChI is InChI=1S/C27H28F2N4O5/c1-35-26(34)21-12-31-23(13-30-21)33-16-8-9-17(33)11-18(10-16)36-14-20-24(32-38-25(20)15-6-7-15)19-4-2-3-5-22(19)37-27(28)29/h2-5,12-13,15-18,27H,6-11,14H2,1H3/t16-,17+,18?. The van der Waals surface area contributed by atoms with Crippen molar-refractivity contribution in [3.63, 3.8) is 0 Å². The van der Waals surface area contributed by atoms with E-state index in [1.807, 2.05) is 0 Å². The van der Waals surface area contributed by atoms with Gasteiger partial charge in [-0.05, 0) is 50.7 Å². The van der Waals surface area contributed by atoms with E-state index in [0.29, 0.717) is 11.3 Å². The molecule has 200 valence electrons. The number of para-hydroxylation sites is 1. The van der Waals surface area contributed by atoms with E-state index in [1.54, 1.807) is 24.4 Å². The van der Waals surface area contributed by atoms with Crippen molar-refractivity contribution < 1.29 is 32.3 Å². The predicted octanol–water partition coefficient (Wildman–Crippen LogP) is 5.11. The molecule has 0 N–H and O–H groups in total. The molecular weight excluding hydrogens is 498 g/mol. The second-order valence-corrected chi connectivity index (χ2v) is 9.97. The molecule has 3 fully saturated rings. The number of hydrogen-bond donors (Lipinski definition) is 0. The number of hydrogen-bond acceptors (Lipinski definition) is 9. The van der Waals surface area contributed by atoms with Gasteiger partial charge in [0.2, 0.25) is 0 Å². The van der Waals surface area contributed by atoms with E-state index in [-0.39, 0.29) is 42.2 Å². The van der Waals surface area contributed by atoms with Crippen LogP contribution < -0.4 is 9.64 Å². The Balaban J connectivity index is 1.17. The minimum Gasteiger partial charge on any atom is -0.464 e. The van der Waals surface area contributed by atoms with Crippen LogP contribution in [0.1, 0.15) is 66.3 Å². The van der Waals surface area contributed by atoms with Gasteiger partial charge in [0.15, 0.2) is 5.69 Å². The minimum absolute atomic E-state index is 0.0217. The average molecular weight is 527 g/mol. The first kappa shape index (κ1) is 24.7. The van der Waals surface area contributed by atoms with Crippen LogP contribution in [0.3, 0.4) is 0 Å². The summed E-state index contributed by atoms with van der Waals surface area (Å²) in [6.07, 6.45) is 8.81. The number of ether oxygens (including phenoxy) is 3. The number of nitrogens with zero attached hydrogens (tertiary/aromatic N) is 4. The lowest BCUT2D eigenvalue weighted by Crippen LogP contribution is -2.46. The van der Waals surface area contributed by atoms with E-state index < -0.39 is 12.6 Å². The first-order valence-corrected chi connectivity index (χ1v) is 12.8. The predicted molar refractivity (Wildman–Crippen MR) is 131 cm³/mol. The summed E-state index contributed by atoms with van der Waals surface area (Å²) in [5.41, 5.74) is 1.94. The molecule has 3 aromatic rings. The number of halogens is 2. The molecule has 38 heavy (non-hydrogen) atoms. The summed E-state index contributed by atoms with van der Waals surface area (Å²) in [6.45, 7) is -2.65. The molecule has 0 radical (unpaired) electrons. The second-order valence-electron chi connectivity index (χ2n) is 9.97. The number of aromatic nitrogens is 3. The van der Waals surface area contributed by atoms with E-state index in [4.69, 9.17) is 18.7 Å². The van der Waals surface area contributed by atoms with Crippen molar-refractivity contribution in [2.75, 3.05) is 12.0 Å². The molecule has 3 atom stereocenters. The van der Waals surface area contributed by atoms with Gasteiger partial charge in [-0.3, -0.25) is 0 Å². The summed E-state index contributed by atoms with van der Waals surface area (Å²) >= 11 is 0. The highest BCUT2D eigenvalue weighted by Crippen LogP contribution is 2.46. The molecule has 9 nitrogen and oxygen atoms in total. The smallest absolute Gasteiger partial charge is 0.387 e. The Kier molecular flexibility index (Phi) is 6.69. The Morgan fingerprint density at radius 1 is 1.11 bits per heavy atom. The fourth-order valence-electron chi connectivity index (χ4n) is 5.70. The zero-order chi connectivity index (χ0) is 26.2. The van der Waals surface area contributed by atoms with E-state index in [2.05, 4.69) is 20.0 Å². The van der Waals surface area contributed by atoms with Gasteiger partial charge in [0.05, 0.1) is 32.2 Å². The number of methoxy groups -OCH3 is 1. The number of anilines is 1. The van der Waals surface area contributed by atoms with Gasteiger partial charge >= 0.3 is 12.6 Å². The lowest BCUT2D eigenvalue weighted by atomic mass is 9.99. The van der Waals surface area contributed by atoms with Gasteiger partial charge in [-0.2, -0.15) is 8.78 Å². The largest absolute Gasteiger partial charge is 0.464 e. The van der Waals surface area contributed by atoms with Crippen LogP contribution in [0.4, 0.5) is 14.6 Å². The summed E-state index contributed by atoms with van der Waals surface area (Å²) in [5, 5.41) is 4.26. The van der Waals surface area contributed by atoms with Crippen LogP contribution in [0.2, 0.25) is 0 Å². The Morgan fingerprint density at radius 3 is 2.53 bits per heavy atom. The summed E-state index contributed by atoms with van der Waals surface area (Å²) in [4.78, 5) is 22.7. The van der Waals surface area contributed by atoms with Crippen molar-refractivity contribution in [3.8, 4) is 17.0 Å². The molecule has 1 aliphatic carbocycles. The molecule has 2 saturated heterocycles. The molecule has 1 unspecified atom stereocenters. The lowest BCUT2D eigenvalue weighted by Gasteiger charge is -2.39. The number of esters is 1. The third kappa shape index (κ3) is 4.82. The second kappa shape index (κ2) is 10.3. The highest BCUT2D eigenvalue weighted by atomic mass is 19.3. The SMILES string of the molecule is COC(=O)c1cnc(N2[C@@H]3CC[C@H]2CC(OCc2c(-c4ccccc4OC(F)F)noc2C2CC2)C3)cn1. The van der Waals surface area contributed by atoms with E-state index in [1.165, 1.54) is 19.4 Å². The van der Waals surface area contributed by atoms with Gasteiger partial charge in [0.25, 0.3) is 0 Å². The zero-order valence-corrected chi connectivity index (χ0v) is 20.9. The maximum atomic E-state index is 13.0. The normalized spacial score (nSPS) is 22.6. The number of carbonyl (C=O) groups is 1. The Bertz CT molecular complexity index is 1280. The molecule has 3 aliphatic rings. The number of piperidine rings is 1. The van der Waals surface area contributed by atoms with Crippen molar-refractivity contribution in [1.82, 2.24) is 15.1 Å². The zero-order valence-electron chi connectivity index (χ0n) is 20.9. The highest BCUT2D eigenvalue weighted by molar-refractivity contribution is 5.86. The number of rotatable bonds is 9. The van der Waals surface area contributed by atoms with Crippen LogP contribution >= 0.6 is 0 Å². The fraction of sp³-hybridized carbons (Fsp3) is 0.481. The lowest BCUT2D eigenvalue weighted by molar-refractivity contribution is -0.0494. The van der Waals surface area contributed by atoms with Crippen LogP contribution in [-0.4, -0.2) is 53.0 Å². The molecule has 2 aromatic heterocycles. The van der Waals surface area contributed by atoms with Gasteiger partial charge in [0, 0.05) is 29.1 Å². The van der Waals surface area contributed by atoms with Crippen LogP contribution in [-0.2, 0) is 16.1 Å². The molecule has 2 bridgehead atoms. The van der Waals surface area contributed by atoms with Gasteiger partial charge in [-0.15, -0.1) is 0 Å². The molecule has 4 heterocycles. The summed E-state index contributed by atoms with van der Waals surface area (Å²) < 4.78 is 47.7. The molecule has 2 aliphatic heterocycles. The van der Waals surface area contributed by atoms with Crippen molar-refractivity contribution in [1.29, 1.82) is 0 Å². The summed E-state index contributed by atoms with van der Waals surface area (Å²) in [6, 6.07) is 7.13. The van der Waals surface area contributed by atoms with Crippen LogP contribution in [0.5, 0.6) is 5.75 Å². The number of benzene rings is 1.